The fourth-order valence-electron chi connectivity index (χ4n) is 3.75. The highest BCUT2D eigenvalue weighted by Crippen LogP contribution is 2.22. The van der Waals surface area contributed by atoms with Crippen molar-refractivity contribution in [3.63, 3.8) is 0 Å². The van der Waals surface area contributed by atoms with Crippen LogP contribution in [0.2, 0.25) is 0 Å². The third-order valence-electron chi connectivity index (χ3n) is 5.42. The number of hydrogen-bond acceptors (Lipinski definition) is 3. The third kappa shape index (κ3) is 4.40. The fraction of sp³-hybridized carbons (Fsp3) is 0.600. The van der Waals surface area contributed by atoms with Crippen molar-refractivity contribution < 1.29 is 9.59 Å². The van der Waals surface area contributed by atoms with Gasteiger partial charge in [-0.25, -0.2) is 0 Å². The summed E-state index contributed by atoms with van der Waals surface area (Å²) in [6.45, 7) is 8.19. The molecule has 0 aliphatic carbocycles. The molecule has 2 heterocycles. The number of benzene rings is 1. The minimum absolute atomic E-state index is 0.0419. The van der Waals surface area contributed by atoms with Gasteiger partial charge in [0.1, 0.15) is 0 Å². The Bertz CT molecular complexity index is 621. The summed E-state index contributed by atoms with van der Waals surface area (Å²) in [5.41, 5.74) is 1.47. The Hall–Kier alpha value is -1.88. The number of anilines is 1. The third-order valence-corrected chi connectivity index (χ3v) is 5.42. The van der Waals surface area contributed by atoms with E-state index in [-0.39, 0.29) is 11.8 Å². The number of nitrogens with one attached hydrogen (secondary N) is 1. The van der Waals surface area contributed by atoms with Crippen molar-refractivity contribution in [1.29, 1.82) is 0 Å². The molecule has 5 heteroatoms. The highest BCUT2D eigenvalue weighted by Gasteiger charge is 2.23. The van der Waals surface area contributed by atoms with E-state index >= 15 is 0 Å². The average molecular weight is 343 g/mol. The Morgan fingerprint density at radius 1 is 1.24 bits per heavy atom. The molecule has 0 spiro atoms. The summed E-state index contributed by atoms with van der Waals surface area (Å²) in [7, 11) is 0. The summed E-state index contributed by atoms with van der Waals surface area (Å²) >= 11 is 0. The maximum atomic E-state index is 12.5. The van der Waals surface area contributed by atoms with Crippen molar-refractivity contribution in [1.82, 2.24) is 10.2 Å². The zero-order chi connectivity index (χ0) is 17.8. The zero-order valence-corrected chi connectivity index (χ0v) is 15.3. The van der Waals surface area contributed by atoms with Crippen LogP contribution in [-0.4, -0.2) is 48.9 Å². The number of carbonyl (C=O) groups excluding carboxylic acids is 2. The quantitative estimate of drug-likeness (QED) is 0.894. The second kappa shape index (κ2) is 8.00. The van der Waals surface area contributed by atoms with Crippen LogP contribution in [0.15, 0.2) is 24.3 Å². The Kier molecular flexibility index (Phi) is 5.74. The van der Waals surface area contributed by atoms with Gasteiger partial charge in [0.2, 0.25) is 5.91 Å². The van der Waals surface area contributed by atoms with Gasteiger partial charge in [-0.15, -0.1) is 0 Å². The first-order valence-corrected chi connectivity index (χ1v) is 9.47. The predicted molar refractivity (Wildman–Crippen MR) is 99.8 cm³/mol. The van der Waals surface area contributed by atoms with Gasteiger partial charge < -0.3 is 15.1 Å². The SMILES string of the molecule is CC(C)N1CCC(CNC(=O)c2cccc(N3CCCC3=O)c2)CC1. The van der Waals surface area contributed by atoms with Gasteiger partial charge in [0.25, 0.3) is 5.91 Å². The van der Waals surface area contributed by atoms with Crippen molar-refractivity contribution in [3.05, 3.63) is 29.8 Å². The molecule has 5 nitrogen and oxygen atoms in total. The van der Waals surface area contributed by atoms with Crippen LogP contribution < -0.4 is 10.2 Å². The topological polar surface area (TPSA) is 52.7 Å². The summed E-state index contributed by atoms with van der Waals surface area (Å²) in [6, 6.07) is 8.02. The maximum Gasteiger partial charge on any atom is 0.251 e. The Morgan fingerprint density at radius 3 is 2.64 bits per heavy atom. The fourth-order valence-corrected chi connectivity index (χ4v) is 3.75. The van der Waals surface area contributed by atoms with E-state index in [0.29, 0.717) is 23.9 Å². The van der Waals surface area contributed by atoms with Gasteiger partial charge in [-0.1, -0.05) is 6.07 Å². The van der Waals surface area contributed by atoms with Crippen LogP contribution in [0.1, 0.15) is 49.9 Å². The van der Waals surface area contributed by atoms with Gasteiger partial charge in [-0.2, -0.15) is 0 Å². The molecule has 2 amide bonds. The molecule has 2 aliphatic rings. The van der Waals surface area contributed by atoms with E-state index in [4.69, 9.17) is 0 Å². The van der Waals surface area contributed by atoms with Crippen LogP contribution in [0.3, 0.4) is 0 Å². The minimum Gasteiger partial charge on any atom is -0.352 e. The number of hydrogen-bond donors (Lipinski definition) is 1. The molecule has 0 unspecified atom stereocenters. The molecule has 2 fully saturated rings. The molecular weight excluding hydrogens is 314 g/mol. The van der Waals surface area contributed by atoms with Crippen molar-refractivity contribution in [2.45, 2.75) is 45.6 Å². The van der Waals surface area contributed by atoms with E-state index in [1.165, 1.54) is 0 Å². The smallest absolute Gasteiger partial charge is 0.251 e. The van der Waals surface area contributed by atoms with Gasteiger partial charge in [0.15, 0.2) is 0 Å². The van der Waals surface area contributed by atoms with Crippen LogP contribution in [-0.2, 0) is 4.79 Å². The lowest BCUT2D eigenvalue weighted by Crippen LogP contribution is -2.41. The van der Waals surface area contributed by atoms with Crippen molar-refractivity contribution in [2.24, 2.45) is 5.92 Å². The molecule has 1 N–H and O–H groups in total. The molecule has 3 rings (SSSR count). The Morgan fingerprint density at radius 2 is 2.00 bits per heavy atom. The molecule has 0 radical (unpaired) electrons. The first-order chi connectivity index (χ1) is 12.0. The number of nitrogens with zero attached hydrogens (tertiary/aromatic N) is 2. The molecular formula is C20H29N3O2. The van der Waals surface area contributed by atoms with E-state index in [9.17, 15) is 9.59 Å². The van der Waals surface area contributed by atoms with Gasteiger partial charge in [-0.3, -0.25) is 9.59 Å². The molecule has 2 aliphatic heterocycles. The molecule has 25 heavy (non-hydrogen) atoms. The first-order valence-electron chi connectivity index (χ1n) is 9.47. The molecule has 0 saturated carbocycles. The Balaban J connectivity index is 1.53. The lowest BCUT2D eigenvalue weighted by Gasteiger charge is -2.34. The number of carbonyl (C=O) groups is 2. The molecule has 0 aromatic heterocycles. The second-order valence-electron chi connectivity index (χ2n) is 7.48. The van der Waals surface area contributed by atoms with Crippen LogP contribution in [0.25, 0.3) is 0 Å². The van der Waals surface area contributed by atoms with Gasteiger partial charge in [-0.05, 0) is 70.3 Å². The van der Waals surface area contributed by atoms with Crippen LogP contribution in [0.5, 0.6) is 0 Å². The molecule has 136 valence electrons. The van der Waals surface area contributed by atoms with Crippen LogP contribution >= 0.6 is 0 Å². The van der Waals surface area contributed by atoms with Crippen LogP contribution in [0, 0.1) is 5.92 Å². The standard InChI is InChI=1S/C20H29N3O2/c1-15(2)22-11-8-16(9-12-22)14-21-20(25)17-5-3-6-18(13-17)23-10-4-7-19(23)24/h3,5-6,13,15-16H,4,7-12,14H2,1-2H3,(H,21,25). The average Bonchev–Trinajstić information content (AvgIpc) is 3.06. The van der Waals surface area contributed by atoms with Crippen LogP contribution in [0.4, 0.5) is 5.69 Å². The van der Waals surface area contributed by atoms with E-state index in [2.05, 4.69) is 24.1 Å². The lowest BCUT2D eigenvalue weighted by molar-refractivity contribution is -0.117. The number of rotatable bonds is 5. The normalized spacial score (nSPS) is 19.6. The van der Waals surface area contributed by atoms with E-state index in [1.54, 1.807) is 4.90 Å². The molecule has 1 aromatic carbocycles. The molecule has 0 atom stereocenters. The van der Waals surface area contributed by atoms with Crippen molar-refractivity contribution in [2.75, 3.05) is 31.1 Å². The summed E-state index contributed by atoms with van der Waals surface area (Å²) in [6.07, 6.45) is 3.78. The summed E-state index contributed by atoms with van der Waals surface area (Å²) < 4.78 is 0. The van der Waals surface area contributed by atoms with Gasteiger partial charge >= 0.3 is 0 Å². The van der Waals surface area contributed by atoms with Gasteiger partial charge in [0.05, 0.1) is 0 Å². The molecule has 1 aromatic rings. The van der Waals surface area contributed by atoms with Crippen molar-refractivity contribution in [3.8, 4) is 0 Å². The maximum absolute atomic E-state index is 12.5. The minimum atomic E-state index is -0.0419. The van der Waals surface area contributed by atoms with E-state index < -0.39 is 0 Å². The number of amides is 2. The Labute approximate surface area is 150 Å². The van der Waals surface area contributed by atoms with E-state index in [0.717, 1.165) is 51.1 Å². The first kappa shape index (κ1) is 17.9. The van der Waals surface area contributed by atoms with E-state index in [1.807, 2.05) is 24.3 Å². The highest BCUT2D eigenvalue weighted by atomic mass is 16.2. The largest absolute Gasteiger partial charge is 0.352 e. The second-order valence-corrected chi connectivity index (χ2v) is 7.48. The zero-order valence-electron chi connectivity index (χ0n) is 15.3. The van der Waals surface area contributed by atoms with Gasteiger partial charge in [0, 0.05) is 36.8 Å². The number of likely N-dealkylation sites (tertiary alicyclic amines) is 1. The lowest BCUT2D eigenvalue weighted by atomic mass is 9.96. The summed E-state index contributed by atoms with van der Waals surface area (Å²) in [5.74, 6) is 0.663. The van der Waals surface area contributed by atoms with Crippen molar-refractivity contribution >= 4 is 17.5 Å². The monoisotopic (exact) mass is 343 g/mol. The number of piperidine rings is 1. The summed E-state index contributed by atoms with van der Waals surface area (Å²) in [4.78, 5) is 28.6. The summed E-state index contributed by atoms with van der Waals surface area (Å²) in [5, 5.41) is 3.08. The molecule has 0 bridgehead atoms. The molecule has 2 saturated heterocycles. The highest BCUT2D eigenvalue weighted by molar-refractivity contribution is 5.99. The predicted octanol–water partition coefficient (Wildman–Crippen LogP) is 2.66.